The Bertz CT molecular complexity index is 666. The van der Waals surface area contributed by atoms with Crippen LogP contribution in [0, 0.1) is 6.92 Å². The molecule has 0 unspecified atom stereocenters. The first-order chi connectivity index (χ1) is 7.16. The summed E-state index contributed by atoms with van der Waals surface area (Å²) in [5.74, 6) is -0.355. The standard InChI is InChI=1S/C10H8N2O3/c1-4-9-5-2-6(13)7(14)3-8(5)15-10(9)12-11-4/h2-3,13-14H,1H3,(H,11,12). The predicted molar refractivity (Wildman–Crippen MR) is 53.9 cm³/mol. The number of aromatic nitrogens is 2. The molecular formula is C10H8N2O3. The molecule has 3 rings (SSSR count). The molecule has 1 aromatic carbocycles. The van der Waals surface area contributed by atoms with Gasteiger partial charge in [0.15, 0.2) is 11.5 Å². The summed E-state index contributed by atoms with van der Waals surface area (Å²) in [5.41, 5.74) is 1.86. The highest BCUT2D eigenvalue weighted by molar-refractivity contribution is 6.06. The molecule has 0 spiro atoms. The van der Waals surface area contributed by atoms with E-state index in [1.165, 1.54) is 12.1 Å². The van der Waals surface area contributed by atoms with E-state index >= 15 is 0 Å². The van der Waals surface area contributed by atoms with Gasteiger partial charge < -0.3 is 14.6 Å². The van der Waals surface area contributed by atoms with Crippen molar-refractivity contribution in [2.75, 3.05) is 0 Å². The Hall–Kier alpha value is -2.17. The van der Waals surface area contributed by atoms with Crippen LogP contribution in [0.15, 0.2) is 16.5 Å². The third-order valence-electron chi connectivity index (χ3n) is 2.47. The van der Waals surface area contributed by atoms with Crippen molar-refractivity contribution >= 4 is 22.1 Å². The number of phenolic OH excluding ortho intramolecular Hbond substituents is 2. The molecule has 0 atom stereocenters. The molecule has 5 nitrogen and oxygen atoms in total. The number of nitrogens with zero attached hydrogens (tertiary/aromatic N) is 1. The SMILES string of the molecule is Cc1[nH]nc2oc3cc(O)c(O)cc3c12. The number of fused-ring (bicyclic) bond motifs is 3. The van der Waals surface area contributed by atoms with Crippen molar-refractivity contribution in [2.45, 2.75) is 6.92 Å². The first kappa shape index (κ1) is 8.16. The van der Waals surface area contributed by atoms with Gasteiger partial charge in [0.2, 0.25) is 5.71 Å². The predicted octanol–water partition coefficient (Wildman–Crippen LogP) is 2.03. The molecule has 0 aliphatic rings. The molecule has 0 fully saturated rings. The van der Waals surface area contributed by atoms with Crippen LogP contribution in [0.1, 0.15) is 5.69 Å². The minimum Gasteiger partial charge on any atom is -0.504 e. The number of nitrogens with one attached hydrogen (secondary N) is 1. The van der Waals surface area contributed by atoms with Gasteiger partial charge in [0.05, 0.1) is 5.39 Å². The van der Waals surface area contributed by atoms with Crippen molar-refractivity contribution in [1.29, 1.82) is 0 Å². The summed E-state index contributed by atoms with van der Waals surface area (Å²) in [4.78, 5) is 0. The highest BCUT2D eigenvalue weighted by Crippen LogP contribution is 2.36. The molecular weight excluding hydrogens is 196 g/mol. The van der Waals surface area contributed by atoms with Gasteiger partial charge in [0.1, 0.15) is 5.58 Å². The van der Waals surface area contributed by atoms with Gasteiger partial charge in [0.25, 0.3) is 0 Å². The molecule has 0 aliphatic carbocycles. The van der Waals surface area contributed by atoms with E-state index in [0.29, 0.717) is 11.3 Å². The van der Waals surface area contributed by atoms with E-state index in [4.69, 9.17) is 4.42 Å². The first-order valence-electron chi connectivity index (χ1n) is 4.46. The maximum absolute atomic E-state index is 9.40. The molecule has 0 bridgehead atoms. The van der Waals surface area contributed by atoms with Crippen molar-refractivity contribution in [3.8, 4) is 11.5 Å². The topological polar surface area (TPSA) is 82.3 Å². The zero-order chi connectivity index (χ0) is 10.6. The maximum Gasteiger partial charge on any atom is 0.246 e. The highest BCUT2D eigenvalue weighted by atomic mass is 16.3. The van der Waals surface area contributed by atoms with Crippen LogP contribution in [0.25, 0.3) is 22.1 Å². The van der Waals surface area contributed by atoms with Crippen LogP contribution in [0.4, 0.5) is 0 Å². The van der Waals surface area contributed by atoms with Gasteiger partial charge in [-0.1, -0.05) is 0 Å². The van der Waals surface area contributed by atoms with Crippen LogP contribution < -0.4 is 0 Å². The maximum atomic E-state index is 9.40. The third kappa shape index (κ3) is 0.942. The van der Waals surface area contributed by atoms with Gasteiger partial charge >= 0.3 is 0 Å². The van der Waals surface area contributed by atoms with Crippen LogP contribution in [0.5, 0.6) is 11.5 Å². The molecule has 0 amide bonds. The number of phenols is 2. The summed E-state index contributed by atoms with van der Waals surface area (Å²) in [5, 5.41) is 27.0. The Balaban J connectivity index is 2.57. The highest BCUT2D eigenvalue weighted by Gasteiger charge is 2.14. The van der Waals surface area contributed by atoms with Gasteiger partial charge in [-0.25, -0.2) is 0 Å². The largest absolute Gasteiger partial charge is 0.504 e. The van der Waals surface area contributed by atoms with E-state index in [1.807, 2.05) is 6.92 Å². The van der Waals surface area contributed by atoms with Gasteiger partial charge in [-0.3, -0.25) is 5.10 Å². The summed E-state index contributed by atoms with van der Waals surface area (Å²) < 4.78 is 5.40. The van der Waals surface area contributed by atoms with Crippen molar-refractivity contribution in [2.24, 2.45) is 0 Å². The monoisotopic (exact) mass is 204 g/mol. The number of aryl methyl sites for hydroxylation is 1. The fraction of sp³-hybridized carbons (Fsp3) is 0.100. The molecule has 2 aromatic heterocycles. The molecule has 2 heterocycles. The van der Waals surface area contributed by atoms with Crippen molar-refractivity contribution < 1.29 is 14.6 Å². The molecule has 3 aromatic rings. The van der Waals surface area contributed by atoms with Gasteiger partial charge in [-0.15, -0.1) is 5.10 Å². The molecule has 15 heavy (non-hydrogen) atoms. The van der Waals surface area contributed by atoms with Gasteiger partial charge in [-0.2, -0.15) is 0 Å². The number of benzene rings is 1. The zero-order valence-corrected chi connectivity index (χ0v) is 7.90. The van der Waals surface area contributed by atoms with Gasteiger partial charge in [0, 0.05) is 17.1 Å². The third-order valence-corrected chi connectivity index (χ3v) is 2.47. The fourth-order valence-corrected chi connectivity index (χ4v) is 1.74. The Morgan fingerprint density at radius 2 is 2.00 bits per heavy atom. The molecule has 0 saturated heterocycles. The van der Waals surface area contributed by atoms with Gasteiger partial charge in [-0.05, 0) is 13.0 Å². The lowest BCUT2D eigenvalue weighted by Crippen LogP contribution is -1.73. The quantitative estimate of drug-likeness (QED) is 0.489. The zero-order valence-electron chi connectivity index (χ0n) is 7.90. The second-order valence-corrected chi connectivity index (χ2v) is 3.47. The van der Waals surface area contributed by atoms with Crippen LogP contribution in [0.2, 0.25) is 0 Å². The molecule has 0 saturated carbocycles. The molecule has 76 valence electrons. The lowest BCUT2D eigenvalue weighted by Gasteiger charge is -1.96. The molecule has 3 N–H and O–H groups in total. The number of rotatable bonds is 0. The lowest BCUT2D eigenvalue weighted by atomic mass is 10.1. The van der Waals surface area contributed by atoms with E-state index in [9.17, 15) is 10.2 Å². The van der Waals surface area contributed by atoms with Crippen LogP contribution >= 0.6 is 0 Å². The number of hydrogen-bond donors (Lipinski definition) is 3. The Morgan fingerprint density at radius 3 is 2.80 bits per heavy atom. The van der Waals surface area contributed by atoms with E-state index in [1.54, 1.807) is 0 Å². The van der Waals surface area contributed by atoms with E-state index in [-0.39, 0.29) is 11.5 Å². The Labute approximate surface area is 83.9 Å². The van der Waals surface area contributed by atoms with Crippen molar-refractivity contribution in [3.05, 3.63) is 17.8 Å². The van der Waals surface area contributed by atoms with E-state index < -0.39 is 0 Å². The lowest BCUT2D eigenvalue weighted by molar-refractivity contribution is 0.404. The summed E-state index contributed by atoms with van der Waals surface area (Å²) >= 11 is 0. The first-order valence-corrected chi connectivity index (χ1v) is 4.46. The van der Waals surface area contributed by atoms with Crippen LogP contribution in [0.3, 0.4) is 0 Å². The Kier molecular flexibility index (Phi) is 1.33. The number of hydrogen-bond acceptors (Lipinski definition) is 4. The van der Waals surface area contributed by atoms with Crippen molar-refractivity contribution in [3.63, 3.8) is 0 Å². The average molecular weight is 204 g/mol. The summed E-state index contributed by atoms with van der Waals surface area (Å²) in [7, 11) is 0. The summed E-state index contributed by atoms with van der Waals surface area (Å²) in [6.07, 6.45) is 0. The van der Waals surface area contributed by atoms with Crippen LogP contribution in [-0.4, -0.2) is 20.4 Å². The second kappa shape index (κ2) is 2.44. The normalized spacial score (nSPS) is 11.5. The number of aromatic amines is 1. The Morgan fingerprint density at radius 1 is 1.27 bits per heavy atom. The number of furan rings is 1. The number of aromatic hydroxyl groups is 2. The van der Waals surface area contributed by atoms with Crippen LogP contribution in [-0.2, 0) is 0 Å². The summed E-state index contributed by atoms with van der Waals surface area (Å²) in [6.45, 7) is 1.87. The minimum absolute atomic E-state index is 0.161. The van der Waals surface area contributed by atoms with E-state index in [0.717, 1.165) is 16.5 Å². The summed E-state index contributed by atoms with van der Waals surface area (Å²) in [6, 6.07) is 2.85. The molecule has 5 heteroatoms. The fourth-order valence-electron chi connectivity index (χ4n) is 1.74. The van der Waals surface area contributed by atoms with E-state index in [2.05, 4.69) is 10.2 Å². The van der Waals surface area contributed by atoms with Crippen molar-refractivity contribution in [1.82, 2.24) is 10.2 Å². The number of H-pyrrole nitrogens is 1. The minimum atomic E-state index is -0.194. The molecule has 0 aliphatic heterocycles. The smallest absolute Gasteiger partial charge is 0.246 e. The average Bonchev–Trinajstić information content (AvgIpc) is 2.69. The molecule has 0 radical (unpaired) electrons. The second-order valence-electron chi connectivity index (χ2n) is 3.47.